The summed E-state index contributed by atoms with van der Waals surface area (Å²) >= 11 is 0. The van der Waals surface area contributed by atoms with Gasteiger partial charge in [-0.1, -0.05) is 87.9 Å². The maximum atomic E-state index is 10.3. The van der Waals surface area contributed by atoms with Crippen LogP contribution < -0.4 is 40.8 Å². The minimum Gasteiger partial charge on any atom is -1.00 e. The van der Waals surface area contributed by atoms with E-state index in [0.717, 1.165) is 12.8 Å². The van der Waals surface area contributed by atoms with Gasteiger partial charge in [0.15, 0.2) is 18.6 Å². The van der Waals surface area contributed by atoms with Crippen molar-refractivity contribution >= 4 is 7.60 Å². The Morgan fingerprint density at radius 1 is 0.657 bits per heavy atom. The van der Waals surface area contributed by atoms with Crippen LogP contribution in [0.25, 0.3) is 0 Å². The van der Waals surface area contributed by atoms with E-state index < -0.39 is 7.60 Å². The number of rotatable bonds is 11. The first-order valence-electron chi connectivity index (χ1n) is 11.8. The van der Waals surface area contributed by atoms with Crippen molar-refractivity contribution in [3.8, 4) is 0 Å². The fourth-order valence-corrected chi connectivity index (χ4v) is 3.28. The number of aromatic nitrogens is 9. The van der Waals surface area contributed by atoms with E-state index in [1.165, 1.54) is 44.9 Å². The molecule has 0 radical (unpaired) electrons. The number of aromatic amines is 3. The van der Waals surface area contributed by atoms with Crippen LogP contribution in [0.5, 0.6) is 0 Å². The number of hydrogen-bond acceptors (Lipinski definition) is 6. The lowest BCUT2D eigenvalue weighted by Crippen LogP contribution is -3.00. The second-order valence-corrected chi connectivity index (χ2v) is 9.60. The lowest BCUT2D eigenvalue weighted by Gasteiger charge is -2.29. The van der Waals surface area contributed by atoms with Crippen LogP contribution in [0.1, 0.15) is 71.1 Å². The van der Waals surface area contributed by atoms with Crippen LogP contribution in [0, 0.1) is 0 Å². The minimum absolute atomic E-state index is 0. The van der Waals surface area contributed by atoms with Gasteiger partial charge >= 0.3 is 0 Å². The molecule has 0 aromatic carbocycles. The molecule has 0 aliphatic carbocycles. The molecule has 14 heteroatoms. The van der Waals surface area contributed by atoms with Crippen molar-refractivity contribution in [1.29, 1.82) is 0 Å². The molecular weight excluding hydrogens is 537 g/mol. The summed E-state index contributed by atoms with van der Waals surface area (Å²) < 4.78 is 15.6. The Morgan fingerprint density at radius 2 is 0.971 bits per heavy atom. The predicted octanol–water partition coefficient (Wildman–Crippen LogP) is -2.47. The van der Waals surface area contributed by atoms with Gasteiger partial charge in [0, 0.05) is 15.3 Å². The molecule has 3 N–H and O–H groups in total. The summed E-state index contributed by atoms with van der Waals surface area (Å²) in [7, 11) is 1.41. The molecule has 0 saturated heterocycles. The number of H-pyrrole nitrogens is 3. The van der Waals surface area contributed by atoms with Gasteiger partial charge in [0.25, 0.3) is 0 Å². The van der Waals surface area contributed by atoms with Crippen LogP contribution in [0.2, 0.25) is 0 Å². The molecule has 12 nitrogen and oxygen atoms in total. The second-order valence-electron chi connectivity index (χ2n) is 7.93. The molecule has 0 unspecified atom stereocenters. The van der Waals surface area contributed by atoms with Gasteiger partial charge in [0.05, 0.1) is 0 Å². The first kappa shape index (κ1) is 35.2. The summed E-state index contributed by atoms with van der Waals surface area (Å²) in [6.45, 7) is 2.21. The molecule has 0 amide bonds. The first-order valence-corrected chi connectivity index (χ1v) is 13.5. The van der Waals surface area contributed by atoms with Gasteiger partial charge in [-0.25, -0.2) is 0 Å². The molecular formula is C21H43BrN9O3P. The minimum atomic E-state index is -4.24. The Balaban J connectivity index is 0. The standard InChI is InChI=1S/C12H27O3P.3C3H5N3.BrH/c1-2-3-4-5-6-7-8-9-10-11-12-16(13,14)15;3*1-6-3-2-4-5-6;/h2-12H2,1H3,(H2,13,14,15);3*2-3H,1H3;1H. The van der Waals surface area contributed by atoms with Gasteiger partial charge in [0.1, 0.15) is 21.1 Å². The van der Waals surface area contributed by atoms with Gasteiger partial charge < -0.3 is 31.3 Å². The maximum absolute atomic E-state index is 10.3. The zero-order chi connectivity index (χ0) is 25.5. The van der Waals surface area contributed by atoms with Crippen molar-refractivity contribution in [2.45, 2.75) is 71.1 Å². The van der Waals surface area contributed by atoms with E-state index in [1.807, 2.05) is 39.7 Å². The van der Waals surface area contributed by atoms with Gasteiger partial charge in [-0.05, 0) is 12.6 Å². The second kappa shape index (κ2) is 23.8. The summed E-state index contributed by atoms with van der Waals surface area (Å²) in [6.07, 6.45) is 21.9. The van der Waals surface area contributed by atoms with Crippen LogP contribution in [0.4, 0.5) is 0 Å². The average Bonchev–Trinajstić information content (AvgIpc) is 3.56. The predicted molar refractivity (Wildman–Crippen MR) is 124 cm³/mol. The third kappa shape index (κ3) is 28.2. The van der Waals surface area contributed by atoms with E-state index in [-0.39, 0.29) is 23.1 Å². The fourth-order valence-electron chi connectivity index (χ4n) is 2.67. The quantitative estimate of drug-likeness (QED) is 0.129. The maximum Gasteiger partial charge on any atom is 0.206 e. The van der Waals surface area contributed by atoms with E-state index in [0.29, 0.717) is 6.42 Å². The molecule has 0 bridgehead atoms. The van der Waals surface area contributed by atoms with E-state index in [2.05, 4.69) is 37.9 Å². The summed E-state index contributed by atoms with van der Waals surface area (Å²) in [5.74, 6) is 0. The van der Waals surface area contributed by atoms with Crippen LogP contribution in [-0.4, -0.2) is 37.1 Å². The van der Waals surface area contributed by atoms with E-state index in [1.54, 1.807) is 32.6 Å². The molecule has 0 aliphatic rings. The highest BCUT2D eigenvalue weighted by molar-refractivity contribution is 7.48. The van der Waals surface area contributed by atoms with Gasteiger partial charge in [0.2, 0.25) is 18.6 Å². The smallest absolute Gasteiger partial charge is 0.206 e. The van der Waals surface area contributed by atoms with Crippen LogP contribution in [0.15, 0.2) is 37.2 Å². The number of halogens is 1. The molecule has 3 aromatic heterocycles. The number of nitrogens with one attached hydrogen (secondary N) is 3. The van der Waals surface area contributed by atoms with Gasteiger partial charge in [-0.3, -0.25) is 0 Å². The van der Waals surface area contributed by atoms with Crippen LogP contribution in [0.3, 0.4) is 0 Å². The highest BCUT2D eigenvalue weighted by atomic mass is 79.9. The van der Waals surface area contributed by atoms with Crippen LogP contribution >= 0.6 is 7.60 Å². The number of nitrogens with zero attached hydrogens (tertiary/aromatic N) is 6. The monoisotopic (exact) mass is 579 g/mol. The van der Waals surface area contributed by atoms with Gasteiger partial charge in [-0.15, -0.1) is 0 Å². The van der Waals surface area contributed by atoms with Gasteiger partial charge in [-0.2, -0.15) is 14.0 Å². The summed E-state index contributed by atoms with van der Waals surface area (Å²) in [5.41, 5.74) is 0. The van der Waals surface area contributed by atoms with E-state index >= 15 is 0 Å². The molecule has 0 spiro atoms. The Morgan fingerprint density at radius 3 is 1.17 bits per heavy atom. The highest BCUT2D eigenvalue weighted by Crippen LogP contribution is 2.25. The average molecular weight is 581 g/mol. The van der Waals surface area contributed by atoms with E-state index in [9.17, 15) is 14.4 Å². The zero-order valence-corrected chi connectivity index (χ0v) is 24.0. The third-order valence-electron chi connectivity index (χ3n) is 4.53. The van der Waals surface area contributed by atoms with Crippen LogP contribution in [-0.2, 0) is 25.7 Å². The van der Waals surface area contributed by atoms with Crippen molar-refractivity contribution in [3.05, 3.63) is 37.2 Å². The molecule has 202 valence electrons. The molecule has 3 rings (SSSR count). The van der Waals surface area contributed by atoms with E-state index in [4.69, 9.17) is 0 Å². The lowest BCUT2D eigenvalue weighted by molar-refractivity contribution is -0.730. The summed E-state index contributed by atoms with van der Waals surface area (Å²) in [6, 6.07) is 0. The molecule has 3 heterocycles. The topological polar surface area (TPSA) is 161 Å². The first-order chi connectivity index (χ1) is 16.2. The molecule has 35 heavy (non-hydrogen) atoms. The normalized spacial score (nSPS) is 10.0. The van der Waals surface area contributed by atoms with Crippen molar-refractivity contribution in [1.82, 2.24) is 30.9 Å². The number of aryl methyl sites for hydroxylation is 3. The molecule has 0 saturated carbocycles. The molecule has 0 fully saturated rings. The zero-order valence-electron chi connectivity index (χ0n) is 21.5. The SMILES string of the molecule is CCCCCCCCCCCCP(=O)([O-])[O-].C[n+]1ccn[nH]1.C[n+]1ccn[nH]1.C[n+]1ccn[nH]1.[Br-]. The van der Waals surface area contributed by atoms with Crippen molar-refractivity contribution < 1.29 is 45.4 Å². The summed E-state index contributed by atoms with van der Waals surface area (Å²) in [4.78, 5) is 20.7. The highest BCUT2D eigenvalue weighted by Gasteiger charge is 1.94. The number of hydrogen-bond donors (Lipinski definition) is 3. The Hall–Kier alpha value is -1.95. The largest absolute Gasteiger partial charge is 1.00 e. The number of unbranched alkanes of at least 4 members (excludes halogenated alkanes) is 9. The van der Waals surface area contributed by atoms with Crippen molar-refractivity contribution in [2.24, 2.45) is 21.1 Å². The Kier molecular flexibility index (Phi) is 23.9. The van der Waals surface area contributed by atoms with Crippen molar-refractivity contribution in [2.75, 3.05) is 6.16 Å². The third-order valence-corrected chi connectivity index (χ3v) is 5.39. The fraction of sp³-hybridized carbons (Fsp3) is 0.714. The Bertz CT molecular complexity index is 737. The molecule has 0 aliphatic heterocycles. The Labute approximate surface area is 219 Å². The lowest BCUT2D eigenvalue weighted by atomic mass is 10.1. The summed E-state index contributed by atoms with van der Waals surface area (Å²) in [5, 5.41) is 19.0. The molecule has 0 atom stereocenters. The van der Waals surface area contributed by atoms with Crippen molar-refractivity contribution in [3.63, 3.8) is 0 Å². The molecule has 3 aromatic rings.